The Balaban J connectivity index is 3.84. The molecule has 0 aromatic rings. The highest BCUT2D eigenvalue weighted by Gasteiger charge is 2.23. The minimum absolute atomic E-state index is 0.151. The highest BCUT2D eigenvalue weighted by atomic mass is 16.6. The molecule has 0 amide bonds. The van der Waals surface area contributed by atoms with Crippen LogP contribution in [0.3, 0.4) is 0 Å². The highest BCUT2D eigenvalue weighted by Crippen LogP contribution is 2.30. The lowest BCUT2D eigenvalue weighted by Crippen LogP contribution is -2.24. The van der Waals surface area contributed by atoms with Gasteiger partial charge in [-0.3, -0.25) is 0 Å². The average Bonchev–Trinajstić information content (AvgIpc) is 2.08. The SMILES string of the molecule is CCC(CC)(CC)COCO. The van der Waals surface area contributed by atoms with Crippen molar-refractivity contribution in [2.24, 2.45) is 5.41 Å². The summed E-state index contributed by atoms with van der Waals surface area (Å²) in [7, 11) is 0. The molecule has 0 atom stereocenters. The number of ether oxygens (including phenoxy) is 1. The van der Waals surface area contributed by atoms with E-state index in [9.17, 15) is 0 Å². The summed E-state index contributed by atoms with van der Waals surface area (Å²) in [6.07, 6.45) is 3.38. The number of aliphatic hydroxyl groups is 1. The maximum atomic E-state index is 8.49. The van der Waals surface area contributed by atoms with Crippen molar-refractivity contribution < 1.29 is 9.84 Å². The molecule has 0 saturated carbocycles. The van der Waals surface area contributed by atoms with Gasteiger partial charge in [0.15, 0.2) is 0 Å². The van der Waals surface area contributed by atoms with Gasteiger partial charge in [0.25, 0.3) is 0 Å². The first-order valence-electron chi connectivity index (χ1n) is 4.43. The molecular formula is C9H20O2. The van der Waals surface area contributed by atoms with E-state index in [0.717, 1.165) is 19.3 Å². The molecule has 0 radical (unpaired) electrons. The molecule has 0 rings (SSSR count). The fourth-order valence-corrected chi connectivity index (χ4v) is 1.32. The Morgan fingerprint density at radius 3 is 1.82 bits per heavy atom. The first-order chi connectivity index (χ1) is 5.24. The third kappa shape index (κ3) is 3.21. The van der Waals surface area contributed by atoms with E-state index in [2.05, 4.69) is 20.8 Å². The Morgan fingerprint density at radius 1 is 1.09 bits per heavy atom. The Labute approximate surface area is 69.6 Å². The van der Waals surface area contributed by atoms with Gasteiger partial charge in [-0.2, -0.15) is 0 Å². The summed E-state index contributed by atoms with van der Waals surface area (Å²) >= 11 is 0. The summed E-state index contributed by atoms with van der Waals surface area (Å²) < 4.78 is 5.03. The van der Waals surface area contributed by atoms with Gasteiger partial charge in [-0.1, -0.05) is 20.8 Å². The van der Waals surface area contributed by atoms with Crippen LogP contribution in [-0.4, -0.2) is 18.5 Å². The largest absolute Gasteiger partial charge is 0.371 e. The molecule has 11 heavy (non-hydrogen) atoms. The summed E-state index contributed by atoms with van der Waals surface area (Å²) in [5, 5.41) is 8.49. The van der Waals surface area contributed by atoms with Gasteiger partial charge in [0.05, 0.1) is 6.61 Å². The summed E-state index contributed by atoms with van der Waals surface area (Å²) in [4.78, 5) is 0. The molecule has 0 fully saturated rings. The van der Waals surface area contributed by atoms with Gasteiger partial charge in [0.2, 0.25) is 0 Å². The first kappa shape index (κ1) is 10.9. The third-order valence-corrected chi connectivity index (χ3v) is 2.75. The quantitative estimate of drug-likeness (QED) is 0.603. The minimum Gasteiger partial charge on any atom is -0.371 e. The van der Waals surface area contributed by atoms with Gasteiger partial charge in [-0.25, -0.2) is 0 Å². The van der Waals surface area contributed by atoms with Crippen LogP contribution in [0, 0.1) is 5.41 Å². The van der Waals surface area contributed by atoms with E-state index >= 15 is 0 Å². The number of hydrogen-bond acceptors (Lipinski definition) is 2. The number of hydrogen-bond donors (Lipinski definition) is 1. The molecule has 0 heterocycles. The van der Waals surface area contributed by atoms with Crippen LogP contribution in [-0.2, 0) is 4.74 Å². The monoisotopic (exact) mass is 160 g/mol. The van der Waals surface area contributed by atoms with E-state index in [1.807, 2.05) is 0 Å². The molecule has 0 aliphatic rings. The Bertz CT molecular complexity index is 79.3. The summed E-state index contributed by atoms with van der Waals surface area (Å²) in [6.45, 7) is 7.06. The van der Waals surface area contributed by atoms with Crippen molar-refractivity contribution in [3.63, 3.8) is 0 Å². The molecular weight excluding hydrogens is 140 g/mol. The van der Waals surface area contributed by atoms with Crippen LogP contribution in [0.5, 0.6) is 0 Å². The molecule has 68 valence electrons. The predicted octanol–water partition coefficient (Wildman–Crippen LogP) is 2.17. The van der Waals surface area contributed by atoms with Gasteiger partial charge in [-0.15, -0.1) is 0 Å². The van der Waals surface area contributed by atoms with Crippen LogP contribution < -0.4 is 0 Å². The van der Waals surface area contributed by atoms with Crippen molar-refractivity contribution in [3.8, 4) is 0 Å². The molecule has 0 aliphatic carbocycles. The van der Waals surface area contributed by atoms with Crippen LogP contribution in [0.2, 0.25) is 0 Å². The fraction of sp³-hybridized carbons (Fsp3) is 1.00. The van der Waals surface area contributed by atoms with Crippen LogP contribution in [0.4, 0.5) is 0 Å². The fourth-order valence-electron chi connectivity index (χ4n) is 1.32. The van der Waals surface area contributed by atoms with E-state index < -0.39 is 0 Å². The van der Waals surface area contributed by atoms with Crippen molar-refractivity contribution in [2.75, 3.05) is 13.4 Å². The maximum absolute atomic E-state index is 8.49. The van der Waals surface area contributed by atoms with Gasteiger partial charge < -0.3 is 9.84 Å². The molecule has 0 aliphatic heterocycles. The molecule has 0 unspecified atom stereocenters. The third-order valence-electron chi connectivity index (χ3n) is 2.75. The zero-order valence-electron chi connectivity index (χ0n) is 7.89. The smallest absolute Gasteiger partial charge is 0.143 e. The summed E-state index contributed by atoms with van der Waals surface area (Å²) in [5.74, 6) is 0. The van der Waals surface area contributed by atoms with Crippen LogP contribution >= 0.6 is 0 Å². The van der Waals surface area contributed by atoms with Crippen molar-refractivity contribution in [3.05, 3.63) is 0 Å². The highest BCUT2D eigenvalue weighted by molar-refractivity contribution is 4.73. The topological polar surface area (TPSA) is 29.5 Å². The molecule has 0 bridgehead atoms. The Kier molecular flexibility index (Phi) is 5.51. The second-order valence-corrected chi connectivity index (χ2v) is 3.04. The van der Waals surface area contributed by atoms with Crippen molar-refractivity contribution in [1.82, 2.24) is 0 Å². The van der Waals surface area contributed by atoms with E-state index in [0.29, 0.717) is 12.0 Å². The van der Waals surface area contributed by atoms with Crippen molar-refractivity contribution in [2.45, 2.75) is 40.0 Å². The molecule has 0 spiro atoms. The van der Waals surface area contributed by atoms with Gasteiger partial charge in [-0.05, 0) is 24.7 Å². The van der Waals surface area contributed by atoms with Crippen LogP contribution in [0.25, 0.3) is 0 Å². The van der Waals surface area contributed by atoms with Gasteiger partial charge >= 0.3 is 0 Å². The number of rotatable bonds is 6. The van der Waals surface area contributed by atoms with E-state index in [-0.39, 0.29) is 6.79 Å². The predicted molar refractivity (Wildman–Crippen MR) is 46.3 cm³/mol. The summed E-state index contributed by atoms with van der Waals surface area (Å²) in [6, 6.07) is 0. The Hall–Kier alpha value is -0.0800. The molecule has 0 aromatic heterocycles. The second-order valence-electron chi connectivity index (χ2n) is 3.04. The lowest BCUT2D eigenvalue weighted by atomic mass is 9.81. The van der Waals surface area contributed by atoms with E-state index in [4.69, 9.17) is 9.84 Å². The standard InChI is InChI=1S/C9H20O2/c1-4-9(5-2,6-3)7-11-8-10/h10H,4-8H2,1-3H3. The zero-order chi connectivity index (χ0) is 8.74. The van der Waals surface area contributed by atoms with Gasteiger partial charge in [0, 0.05) is 0 Å². The molecule has 0 aromatic carbocycles. The normalized spacial score (nSPS) is 12.0. The second kappa shape index (κ2) is 5.56. The average molecular weight is 160 g/mol. The summed E-state index contributed by atoms with van der Waals surface area (Å²) in [5.41, 5.74) is 0.294. The first-order valence-corrected chi connectivity index (χ1v) is 4.43. The number of aliphatic hydroxyl groups excluding tert-OH is 1. The van der Waals surface area contributed by atoms with Crippen molar-refractivity contribution in [1.29, 1.82) is 0 Å². The Morgan fingerprint density at radius 2 is 1.55 bits per heavy atom. The zero-order valence-corrected chi connectivity index (χ0v) is 7.89. The van der Waals surface area contributed by atoms with Crippen molar-refractivity contribution >= 4 is 0 Å². The lowest BCUT2D eigenvalue weighted by molar-refractivity contribution is -0.0480. The molecule has 0 saturated heterocycles. The van der Waals surface area contributed by atoms with E-state index in [1.165, 1.54) is 0 Å². The minimum atomic E-state index is -0.151. The lowest BCUT2D eigenvalue weighted by Gasteiger charge is -2.29. The molecule has 2 heteroatoms. The van der Waals surface area contributed by atoms with Crippen LogP contribution in [0.1, 0.15) is 40.0 Å². The van der Waals surface area contributed by atoms with E-state index in [1.54, 1.807) is 0 Å². The molecule has 1 N–H and O–H groups in total. The maximum Gasteiger partial charge on any atom is 0.143 e. The van der Waals surface area contributed by atoms with Crippen LogP contribution in [0.15, 0.2) is 0 Å². The molecule has 2 nitrogen and oxygen atoms in total. The van der Waals surface area contributed by atoms with Gasteiger partial charge in [0.1, 0.15) is 6.79 Å².